The zero-order valence-electron chi connectivity index (χ0n) is 11.4. The van der Waals surface area contributed by atoms with Crippen LogP contribution in [0.1, 0.15) is 17.8 Å². The summed E-state index contributed by atoms with van der Waals surface area (Å²) in [5.74, 6) is -0.743. The predicted molar refractivity (Wildman–Crippen MR) is 83.5 cm³/mol. The van der Waals surface area contributed by atoms with Crippen molar-refractivity contribution in [2.75, 3.05) is 12.8 Å². The van der Waals surface area contributed by atoms with E-state index in [1.807, 2.05) is 17.5 Å². The van der Waals surface area contributed by atoms with Crippen LogP contribution in [0.3, 0.4) is 0 Å². The smallest absolute Gasteiger partial charge is 0.244 e. The van der Waals surface area contributed by atoms with E-state index < -0.39 is 15.8 Å². The van der Waals surface area contributed by atoms with Crippen molar-refractivity contribution < 1.29 is 12.8 Å². The second-order valence-electron chi connectivity index (χ2n) is 4.52. The number of nitrogen functional groups attached to an aromatic ring is 1. The van der Waals surface area contributed by atoms with Crippen LogP contribution in [-0.2, 0) is 10.0 Å². The van der Waals surface area contributed by atoms with Crippen LogP contribution in [0, 0.1) is 5.82 Å². The van der Waals surface area contributed by atoms with Gasteiger partial charge in [-0.2, -0.15) is 4.31 Å². The molecule has 0 aliphatic rings. The number of halogens is 2. The summed E-state index contributed by atoms with van der Waals surface area (Å²) in [6, 6.07) is 5.29. The maximum absolute atomic E-state index is 13.3. The van der Waals surface area contributed by atoms with E-state index in [-0.39, 0.29) is 21.6 Å². The SMILES string of the molecule is CC(c1cccs1)N(C)S(=O)(=O)c1cc(N)c(F)cc1Cl. The monoisotopic (exact) mass is 348 g/mol. The van der Waals surface area contributed by atoms with Gasteiger partial charge in [-0.3, -0.25) is 0 Å². The van der Waals surface area contributed by atoms with E-state index in [1.165, 1.54) is 22.7 Å². The topological polar surface area (TPSA) is 63.4 Å². The van der Waals surface area contributed by atoms with Crippen molar-refractivity contribution in [2.24, 2.45) is 0 Å². The van der Waals surface area contributed by atoms with Crippen LogP contribution in [0.25, 0.3) is 0 Å². The molecule has 1 aromatic carbocycles. The second-order valence-corrected chi connectivity index (χ2v) is 7.87. The molecular formula is C13H14ClFN2O2S2. The average molecular weight is 349 g/mol. The molecule has 0 spiro atoms. The standard InChI is InChI=1S/C13H14ClFN2O2S2/c1-8(12-4-3-5-20-12)17(2)21(18,19)13-7-11(16)10(15)6-9(13)14/h3-8H,16H2,1-2H3. The minimum absolute atomic E-state index is 0.188. The van der Waals surface area contributed by atoms with E-state index >= 15 is 0 Å². The number of rotatable bonds is 4. The summed E-state index contributed by atoms with van der Waals surface area (Å²) in [5, 5.41) is 1.68. The van der Waals surface area contributed by atoms with Crippen LogP contribution in [0.15, 0.2) is 34.5 Å². The molecule has 4 nitrogen and oxygen atoms in total. The van der Waals surface area contributed by atoms with E-state index in [9.17, 15) is 12.8 Å². The van der Waals surface area contributed by atoms with E-state index in [0.717, 1.165) is 17.0 Å². The molecule has 1 heterocycles. The largest absolute Gasteiger partial charge is 0.396 e. The lowest BCUT2D eigenvalue weighted by Gasteiger charge is -2.24. The number of hydrogen-bond acceptors (Lipinski definition) is 4. The second kappa shape index (κ2) is 5.92. The summed E-state index contributed by atoms with van der Waals surface area (Å²) < 4.78 is 39.7. The van der Waals surface area contributed by atoms with Crippen molar-refractivity contribution >= 4 is 38.6 Å². The van der Waals surface area contributed by atoms with Crippen molar-refractivity contribution in [3.8, 4) is 0 Å². The lowest BCUT2D eigenvalue weighted by Crippen LogP contribution is -2.29. The minimum atomic E-state index is -3.87. The Bertz CT molecular complexity index is 748. The van der Waals surface area contributed by atoms with Crippen LogP contribution >= 0.6 is 22.9 Å². The Balaban J connectivity index is 2.45. The highest BCUT2D eigenvalue weighted by Gasteiger charge is 2.29. The fourth-order valence-electron chi connectivity index (χ4n) is 1.81. The molecule has 0 radical (unpaired) electrons. The summed E-state index contributed by atoms with van der Waals surface area (Å²) in [5.41, 5.74) is 5.19. The molecule has 0 saturated carbocycles. The van der Waals surface area contributed by atoms with Gasteiger partial charge in [0.25, 0.3) is 0 Å². The molecule has 0 amide bonds. The molecule has 8 heteroatoms. The van der Waals surface area contributed by atoms with Crippen molar-refractivity contribution in [1.29, 1.82) is 0 Å². The molecule has 2 aromatic rings. The van der Waals surface area contributed by atoms with Crippen molar-refractivity contribution in [3.05, 3.63) is 45.4 Å². The Labute approximate surface area is 132 Å². The highest BCUT2D eigenvalue weighted by atomic mass is 35.5. The summed E-state index contributed by atoms with van der Waals surface area (Å²) in [6.45, 7) is 1.77. The van der Waals surface area contributed by atoms with E-state index in [2.05, 4.69) is 0 Å². The van der Waals surface area contributed by atoms with Gasteiger partial charge in [-0.25, -0.2) is 12.8 Å². The van der Waals surface area contributed by atoms with Crippen molar-refractivity contribution in [2.45, 2.75) is 17.9 Å². The average Bonchev–Trinajstić information content (AvgIpc) is 2.95. The van der Waals surface area contributed by atoms with Crippen LogP contribution in [-0.4, -0.2) is 19.8 Å². The fourth-order valence-corrected chi connectivity index (χ4v) is 4.57. The number of thiophene rings is 1. The molecular weight excluding hydrogens is 335 g/mol. The molecule has 114 valence electrons. The number of nitrogens with zero attached hydrogens (tertiary/aromatic N) is 1. The third-order valence-corrected chi connectivity index (χ3v) is 6.64. The summed E-state index contributed by atoms with van der Waals surface area (Å²) in [7, 11) is -2.42. The maximum Gasteiger partial charge on any atom is 0.244 e. The number of benzene rings is 1. The minimum Gasteiger partial charge on any atom is -0.396 e. The normalized spacial score (nSPS) is 13.6. The quantitative estimate of drug-likeness (QED) is 0.860. The van der Waals surface area contributed by atoms with E-state index in [4.69, 9.17) is 17.3 Å². The maximum atomic E-state index is 13.3. The Morgan fingerprint density at radius 1 is 1.43 bits per heavy atom. The van der Waals surface area contributed by atoms with Crippen LogP contribution in [0.4, 0.5) is 10.1 Å². The molecule has 0 bridgehead atoms. The van der Waals surface area contributed by atoms with Crippen molar-refractivity contribution in [3.63, 3.8) is 0 Å². The van der Waals surface area contributed by atoms with Gasteiger partial charge in [0, 0.05) is 11.9 Å². The first-order chi connectivity index (χ1) is 9.75. The molecule has 2 rings (SSSR count). The Hall–Kier alpha value is -1.15. The highest BCUT2D eigenvalue weighted by molar-refractivity contribution is 7.89. The van der Waals surface area contributed by atoms with E-state index in [0.29, 0.717) is 0 Å². The van der Waals surface area contributed by atoms with Gasteiger partial charge in [0.15, 0.2) is 0 Å². The van der Waals surface area contributed by atoms with Gasteiger partial charge in [0.05, 0.1) is 16.8 Å². The van der Waals surface area contributed by atoms with Gasteiger partial charge in [0.2, 0.25) is 10.0 Å². The van der Waals surface area contributed by atoms with Crippen LogP contribution < -0.4 is 5.73 Å². The Kier molecular flexibility index (Phi) is 4.57. The molecule has 2 N–H and O–H groups in total. The number of hydrogen-bond donors (Lipinski definition) is 1. The third kappa shape index (κ3) is 3.06. The van der Waals surface area contributed by atoms with Gasteiger partial charge in [-0.15, -0.1) is 11.3 Å². The zero-order valence-corrected chi connectivity index (χ0v) is 13.8. The van der Waals surface area contributed by atoms with Gasteiger partial charge >= 0.3 is 0 Å². The molecule has 0 fully saturated rings. The molecule has 1 unspecified atom stereocenters. The third-order valence-electron chi connectivity index (χ3n) is 3.21. The van der Waals surface area contributed by atoms with Gasteiger partial charge < -0.3 is 5.73 Å². The lowest BCUT2D eigenvalue weighted by atomic mass is 10.3. The van der Waals surface area contributed by atoms with Gasteiger partial charge in [0.1, 0.15) is 10.7 Å². The molecule has 0 saturated heterocycles. The summed E-state index contributed by atoms with van der Waals surface area (Å²) in [6.07, 6.45) is 0. The number of anilines is 1. The Morgan fingerprint density at radius 3 is 2.67 bits per heavy atom. The highest BCUT2D eigenvalue weighted by Crippen LogP contribution is 2.33. The number of sulfonamides is 1. The van der Waals surface area contributed by atoms with Gasteiger partial charge in [-0.05, 0) is 30.5 Å². The van der Waals surface area contributed by atoms with Crippen LogP contribution in [0.2, 0.25) is 5.02 Å². The van der Waals surface area contributed by atoms with Gasteiger partial charge in [-0.1, -0.05) is 17.7 Å². The number of nitrogens with two attached hydrogens (primary N) is 1. The molecule has 21 heavy (non-hydrogen) atoms. The first-order valence-corrected chi connectivity index (χ1v) is 8.71. The van der Waals surface area contributed by atoms with Crippen molar-refractivity contribution in [1.82, 2.24) is 4.31 Å². The first-order valence-electron chi connectivity index (χ1n) is 6.01. The predicted octanol–water partition coefficient (Wildman–Crippen LogP) is 3.50. The molecule has 1 aromatic heterocycles. The molecule has 0 aliphatic heterocycles. The summed E-state index contributed by atoms with van der Waals surface area (Å²) in [4.78, 5) is 0.696. The van der Waals surface area contributed by atoms with Crippen LogP contribution in [0.5, 0.6) is 0 Å². The Morgan fingerprint density at radius 2 is 2.10 bits per heavy atom. The summed E-state index contributed by atoms with van der Waals surface area (Å²) >= 11 is 7.32. The fraction of sp³-hybridized carbons (Fsp3) is 0.231. The molecule has 1 atom stereocenters. The lowest BCUT2D eigenvalue weighted by molar-refractivity contribution is 0.403. The zero-order chi connectivity index (χ0) is 15.8. The molecule has 0 aliphatic carbocycles. The first kappa shape index (κ1) is 16.2. The van der Waals surface area contributed by atoms with E-state index in [1.54, 1.807) is 6.92 Å².